The Morgan fingerprint density at radius 2 is 1.60 bits per heavy atom. The van der Waals surface area contributed by atoms with E-state index in [2.05, 4.69) is 29.6 Å². The number of aryl methyl sites for hydroxylation is 1. The maximum absolute atomic E-state index is 13.3. The first-order valence-corrected chi connectivity index (χ1v) is 10.8. The lowest BCUT2D eigenvalue weighted by Crippen LogP contribution is -2.57. The van der Waals surface area contributed by atoms with Crippen LogP contribution in [0.4, 0.5) is 0 Å². The number of nitrogens with two attached hydrogens (primary N) is 1. The Bertz CT molecular complexity index is 822. The van der Waals surface area contributed by atoms with Gasteiger partial charge in [0.1, 0.15) is 6.04 Å². The van der Waals surface area contributed by atoms with Gasteiger partial charge in [0.25, 0.3) is 0 Å². The molecule has 0 saturated carbocycles. The second kappa shape index (κ2) is 9.90. The van der Waals surface area contributed by atoms with Gasteiger partial charge < -0.3 is 16.0 Å². The average molecular weight is 408 g/mol. The third kappa shape index (κ3) is 5.92. The fourth-order valence-electron chi connectivity index (χ4n) is 3.94. The van der Waals surface area contributed by atoms with Crippen molar-refractivity contribution < 1.29 is 9.59 Å². The van der Waals surface area contributed by atoms with E-state index in [4.69, 9.17) is 5.73 Å². The minimum absolute atomic E-state index is 0.00459. The Kier molecular flexibility index (Phi) is 7.27. The number of amides is 2. The van der Waals surface area contributed by atoms with Gasteiger partial charge in [-0.1, -0.05) is 60.7 Å². The van der Waals surface area contributed by atoms with Crippen LogP contribution < -0.4 is 11.1 Å². The number of nitrogens with one attached hydrogen (secondary N) is 1. The highest BCUT2D eigenvalue weighted by atomic mass is 16.2. The molecule has 160 valence electrons. The zero-order chi connectivity index (χ0) is 21.6. The first-order valence-electron chi connectivity index (χ1n) is 10.8. The lowest BCUT2D eigenvalue weighted by Gasteiger charge is -2.35. The highest BCUT2D eigenvalue weighted by Gasteiger charge is 2.32. The largest absolute Gasteiger partial charge is 0.343 e. The van der Waals surface area contributed by atoms with Crippen LogP contribution >= 0.6 is 0 Å². The predicted octanol–water partition coefficient (Wildman–Crippen LogP) is 3.25. The van der Waals surface area contributed by atoms with Crippen LogP contribution in [0.3, 0.4) is 0 Å². The predicted molar refractivity (Wildman–Crippen MR) is 120 cm³/mol. The SMILES string of the molecule is CC(C)(N)C(=O)N[C@H](CCc1ccccc1)C(=O)N1CCC(c2ccccc2)CC1. The molecule has 0 unspecified atom stereocenters. The Balaban J connectivity index is 1.64. The van der Waals surface area contributed by atoms with E-state index in [1.54, 1.807) is 13.8 Å². The number of carbonyl (C=O) groups excluding carboxylic acids is 2. The molecule has 2 aromatic rings. The molecule has 1 fully saturated rings. The summed E-state index contributed by atoms with van der Waals surface area (Å²) in [6, 6.07) is 20.0. The fourth-order valence-corrected chi connectivity index (χ4v) is 3.94. The van der Waals surface area contributed by atoms with Crippen LogP contribution in [0.15, 0.2) is 60.7 Å². The number of piperidine rings is 1. The maximum atomic E-state index is 13.3. The molecule has 2 amide bonds. The summed E-state index contributed by atoms with van der Waals surface area (Å²) in [6.45, 7) is 4.74. The van der Waals surface area contributed by atoms with Crippen molar-refractivity contribution in [1.82, 2.24) is 10.2 Å². The molecular formula is C25H33N3O2. The molecular weight excluding hydrogens is 374 g/mol. The molecule has 30 heavy (non-hydrogen) atoms. The molecule has 3 N–H and O–H groups in total. The van der Waals surface area contributed by atoms with Gasteiger partial charge in [-0.2, -0.15) is 0 Å². The quantitative estimate of drug-likeness (QED) is 0.740. The van der Waals surface area contributed by atoms with E-state index in [0.717, 1.165) is 24.8 Å². The molecule has 1 heterocycles. The molecule has 0 radical (unpaired) electrons. The van der Waals surface area contributed by atoms with Crippen LogP contribution in [0.2, 0.25) is 0 Å². The van der Waals surface area contributed by atoms with Gasteiger partial charge in [0.15, 0.2) is 0 Å². The molecule has 1 saturated heterocycles. The summed E-state index contributed by atoms with van der Waals surface area (Å²) in [6.07, 6.45) is 3.17. The van der Waals surface area contributed by atoms with E-state index in [0.29, 0.717) is 25.4 Å². The second-order valence-electron chi connectivity index (χ2n) is 8.78. The summed E-state index contributed by atoms with van der Waals surface area (Å²) >= 11 is 0. The lowest BCUT2D eigenvalue weighted by molar-refractivity contribution is -0.138. The van der Waals surface area contributed by atoms with Crippen molar-refractivity contribution in [2.45, 2.75) is 57.0 Å². The van der Waals surface area contributed by atoms with Crippen LogP contribution in [-0.4, -0.2) is 41.4 Å². The number of benzene rings is 2. The summed E-state index contributed by atoms with van der Waals surface area (Å²) in [5, 5.41) is 2.91. The Labute approximate surface area is 179 Å². The van der Waals surface area contributed by atoms with Crippen LogP contribution in [0.1, 0.15) is 50.2 Å². The fraction of sp³-hybridized carbons (Fsp3) is 0.440. The molecule has 0 spiro atoms. The summed E-state index contributed by atoms with van der Waals surface area (Å²) in [5.74, 6) is 0.179. The molecule has 0 aliphatic carbocycles. The second-order valence-corrected chi connectivity index (χ2v) is 8.78. The summed E-state index contributed by atoms with van der Waals surface area (Å²) in [4.78, 5) is 27.7. The molecule has 1 atom stereocenters. The van der Waals surface area contributed by atoms with Crippen molar-refractivity contribution in [1.29, 1.82) is 0 Å². The van der Waals surface area contributed by atoms with Gasteiger partial charge in [-0.05, 0) is 56.6 Å². The summed E-state index contributed by atoms with van der Waals surface area (Å²) in [5.41, 5.74) is 7.43. The minimum Gasteiger partial charge on any atom is -0.343 e. The Morgan fingerprint density at radius 1 is 1.03 bits per heavy atom. The number of likely N-dealkylation sites (tertiary alicyclic amines) is 1. The van der Waals surface area contributed by atoms with E-state index < -0.39 is 11.6 Å². The van der Waals surface area contributed by atoms with Gasteiger partial charge in [-0.3, -0.25) is 9.59 Å². The van der Waals surface area contributed by atoms with Crippen molar-refractivity contribution in [2.75, 3.05) is 13.1 Å². The number of carbonyl (C=O) groups is 2. The zero-order valence-electron chi connectivity index (χ0n) is 18.0. The Hall–Kier alpha value is -2.66. The molecule has 1 aliphatic heterocycles. The molecule has 5 heteroatoms. The third-order valence-electron chi connectivity index (χ3n) is 5.83. The minimum atomic E-state index is -1.02. The highest BCUT2D eigenvalue weighted by Crippen LogP contribution is 2.28. The molecule has 3 rings (SSSR count). The molecule has 2 aromatic carbocycles. The van der Waals surface area contributed by atoms with E-state index in [-0.39, 0.29) is 11.8 Å². The monoisotopic (exact) mass is 407 g/mol. The van der Waals surface area contributed by atoms with Crippen LogP contribution in [0.25, 0.3) is 0 Å². The number of hydrogen-bond acceptors (Lipinski definition) is 3. The number of rotatable bonds is 7. The van der Waals surface area contributed by atoms with Gasteiger partial charge >= 0.3 is 0 Å². The highest BCUT2D eigenvalue weighted by molar-refractivity contribution is 5.91. The van der Waals surface area contributed by atoms with Gasteiger partial charge in [0.05, 0.1) is 5.54 Å². The van der Waals surface area contributed by atoms with Crippen molar-refractivity contribution >= 4 is 11.8 Å². The van der Waals surface area contributed by atoms with Crippen LogP contribution in [0.5, 0.6) is 0 Å². The summed E-state index contributed by atoms with van der Waals surface area (Å²) < 4.78 is 0. The van der Waals surface area contributed by atoms with Crippen molar-refractivity contribution in [3.63, 3.8) is 0 Å². The normalized spacial score (nSPS) is 16.2. The first kappa shape index (κ1) is 22.0. The van der Waals surface area contributed by atoms with Crippen LogP contribution in [-0.2, 0) is 16.0 Å². The van der Waals surface area contributed by atoms with Gasteiger partial charge in [0.2, 0.25) is 11.8 Å². The van der Waals surface area contributed by atoms with Gasteiger partial charge in [-0.15, -0.1) is 0 Å². The van der Waals surface area contributed by atoms with E-state index >= 15 is 0 Å². The summed E-state index contributed by atoms with van der Waals surface area (Å²) in [7, 11) is 0. The van der Waals surface area contributed by atoms with Crippen molar-refractivity contribution in [3.05, 3.63) is 71.8 Å². The van der Waals surface area contributed by atoms with E-state index in [1.165, 1.54) is 5.56 Å². The van der Waals surface area contributed by atoms with Gasteiger partial charge in [-0.25, -0.2) is 0 Å². The average Bonchev–Trinajstić information content (AvgIpc) is 2.77. The van der Waals surface area contributed by atoms with Crippen LogP contribution in [0, 0.1) is 0 Å². The molecule has 0 aromatic heterocycles. The Morgan fingerprint density at radius 3 is 2.17 bits per heavy atom. The molecule has 5 nitrogen and oxygen atoms in total. The molecule has 1 aliphatic rings. The lowest BCUT2D eigenvalue weighted by atomic mass is 9.89. The first-order chi connectivity index (χ1) is 14.3. The standard InChI is InChI=1S/C25H33N3O2/c1-25(2,26)24(30)27-22(14-13-19-9-5-3-6-10-19)23(29)28-17-15-21(16-18-28)20-11-7-4-8-12-20/h3-12,21-22H,13-18,26H2,1-2H3,(H,27,30)/t22-/m1/s1. The van der Waals surface area contributed by atoms with E-state index in [9.17, 15) is 9.59 Å². The number of hydrogen-bond donors (Lipinski definition) is 2. The molecule has 0 bridgehead atoms. The smallest absolute Gasteiger partial charge is 0.245 e. The van der Waals surface area contributed by atoms with E-state index in [1.807, 2.05) is 41.3 Å². The zero-order valence-corrected chi connectivity index (χ0v) is 18.0. The maximum Gasteiger partial charge on any atom is 0.245 e. The third-order valence-corrected chi connectivity index (χ3v) is 5.83. The van der Waals surface area contributed by atoms with Crippen molar-refractivity contribution in [2.24, 2.45) is 5.73 Å². The topological polar surface area (TPSA) is 75.4 Å². The van der Waals surface area contributed by atoms with Gasteiger partial charge in [0, 0.05) is 13.1 Å². The number of nitrogens with zero attached hydrogens (tertiary/aromatic N) is 1. The van der Waals surface area contributed by atoms with Crippen molar-refractivity contribution in [3.8, 4) is 0 Å².